The Morgan fingerprint density at radius 2 is 2.07 bits per heavy atom. The summed E-state index contributed by atoms with van der Waals surface area (Å²) in [5, 5.41) is 12.0. The maximum Gasteiger partial charge on any atom is 0.251 e. The molecular formula is C23H28N4O3. The normalized spacial score (nSPS) is 17.9. The summed E-state index contributed by atoms with van der Waals surface area (Å²) in [5.41, 5.74) is 2.81. The van der Waals surface area contributed by atoms with Crippen LogP contribution in [0.5, 0.6) is 0 Å². The number of amides is 2. The van der Waals surface area contributed by atoms with Crippen LogP contribution < -0.4 is 10.2 Å². The second-order valence-electron chi connectivity index (χ2n) is 8.14. The number of rotatable bonds is 6. The fourth-order valence-electron chi connectivity index (χ4n) is 4.62. The number of aliphatic hydroxyl groups excluding tert-OH is 1. The number of hydrogen-bond donors (Lipinski definition) is 2. The number of pyridine rings is 1. The van der Waals surface area contributed by atoms with Gasteiger partial charge in [0.05, 0.1) is 5.41 Å². The van der Waals surface area contributed by atoms with Crippen molar-refractivity contribution in [3.63, 3.8) is 0 Å². The number of nitrogens with one attached hydrogen (secondary N) is 1. The average Bonchev–Trinajstić information content (AvgIpc) is 2.99. The van der Waals surface area contributed by atoms with E-state index in [9.17, 15) is 9.59 Å². The van der Waals surface area contributed by atoms with Gasteiger partial charge in [-0.2, -0.15) is 0 Å². The number of aromatic nitrogens is 1. The van der Waals surface area contributed by atoms with E-state index in [1.165, 1.54) is 0 Å². The number of fused-ring (bicyclic) bond motifs is 2. The fourth-order valence-corrected chi connectivity index (χ4v) is 4.62. The van der Waals surface area contributed by atoms with E-state index in [0.29, 0.717) is 12.1 Å². The van der Waals surface area contributed by atoms with E-state index >= 15 is 0 Å². The molecule has 7 heteroatoms. The summed E-state index contributed by atoms with van der Waals surface area (Å²) in [6.45, 7) is 3.07. The first-order valence-corrected chi connectivity index (χ1v) is 10.5. The third kappa shape index (κ3) is 3.70. The van der Waals surface area contributed by atoms with Gasteiger partial charge in [0, 0.05) is 50.4 Å². The summed E-state index contributed by atoms with van der Waals surface area (Å²) >= 11 is 0. The molecule has 2 aromatic rings. The number of likely N-dealkylation sites (N-methyl/N-ethyl adjacent to an activating group) is 1. The van der Waals surface area contributed by atoms with Crippen molar-refractivity contribution in [2.24, 2.45) is 0 Å². The predicted molar refractivity (Wildman–Crippen MR) is 114 cm³/mol. The van der Waals surface area contributed by atoms with E-state index in [4.69, 9.17) is 5.11 Å². The monoisotopic (exact) mass is 408 g/mol. The van der Waals surface area contributed by atoms with Gasteiger partial charge in [-0.25, -0.2) is 0 Å². The van der Waals surface area contributed by atoms with Crippen molar-refractivity contribution >= 4 is 17.5 Å². The van der Waals surface area contributed by atoms with Gasteiger partial charge in [0.1, 0.15) is 0 Å². The standard InChI is InChI=1S/C23H28N4O3/c1-26-20-6-5-18(21(29)25-16-17-4-2-9-24-15-17)14-19(20)23(22(26)30)7-11-27(12-8-23)10-3-13-28/h2,4-6,9,14-15,28H,3,7-8,10-13,16H2,1H3,(H,25,29). The van der Waals surface area contributed by atoms with Crippen LogP contribution in [0.3, 0.4) is 0 Å². The van der Waals surface area contributed by atoms with Gasteiger partial charge >= 0.3 is 0 Å². The predicted octanol–water partition coefficient (Wildman–Crippen LogP) is 1.70. The quantitative estimate of drug-likeness (QED) is 0.760. The van der Waals surface area contributed by atoms with Gasteiger partial charge in [0.25, 0.3) is 5.91 Å². The first-order valence-electron chi connectivity index (χ1n) is 10.5. The molecule has 30 heavy (non-hydrogen) atoms. The molecule has 0 bridgehead atoms. The zero-order chi connectivity index (χ0) is 21.1. The SMILES string of the molecule is CN1C(=O)C2(CCN(CCCO)CC2)c2cc(C(=O)NCc3cccnc3)ccc21. The molecule has 0 atom stereocenters. The van der Waals surface area contributed by atoms with Crippen molar-refractivity contribution in [3.8, 4) is 0 Å². The topological polar surface area (TPSA) is 85.8 Å². The lowest BCUT2D eigenvalue weighted by molar-refractivity contribution is -0.124. The van der Waals surface area contributed by atoms with Crippen LogP contribution in [0.25, 0.3) is 0 Å². The van der Waals surface area contributed by atoms with E-state index in [0.717, 1.165) is 55.7 Å². The second kappa shape index (κ2) is 8.53. The van der Waals surface area contributed by atoms with Crippen molar-refractivity contribution < 1.29 is 14.7 Å². The molecule has 0 radical (unpaired) electrons. The van der Waals surface area contributed by atoms with Crippen LogP contribution in [0.15, 0.2) is 42.7 Å². The average molecular weight is 409 g/mol. The first kappa shape index (κ1) is 20.5. The minimum Gasteiger partial charge on any atom is -0.396 e. The number of carbonyl (C=O) groups is 2. The highest BCUT2D eigenvalue weighted by atomic mass is 16.3. The number of benzene rings is 1. The van der Waals surface area contributed by atoms with Crippen LogP contribution in [-0.4, -0.2) is 60.1 Å². The van der Waals surface area contributed by atoms with Crippen LogP contribution in [0, 0.1) is 0 Å². The Bertz CT molecular complexity index is 923. The van der Waals surface area contributed by atoms with Gasteiger partial charge in [-0.3, -0.25) is 14.6 Å². The number of hydrogen-bond acceptors (Lipinski definition) is 5. The summed E-state index contributed by atoms with van der Waals surface area (Å²) in [7, 11) is 1.82. The van der Waals surface area contributed by atoms with E-state index in [1.54, 1.807) is 23.4 Å². The van der Waals surface area contributed by atoms with Crippen LogP contribution in [0.2, 0.25) is 0 Å². The molecular weight excluding hydrogens is 380 g/mol. The largest absolute Gasteiger partial charge is 0.396 e. The maximum absolute atomic E-state index is 13.2. The smallest absolute Gasteiger partial charge is 0.251 e. The van der Waals surface area contributed by atoms with Gasteiger partial charge in [0.15, 0.2) is 0 Å². The third-order valence-corrected chi connectivity index (χ3v) is 6.37. The highest BCUT2D eigenvalue weighted by Gasteiger charge is 2.51. The van der Waals surface area contributed by atoms with Gasteiger partial charge in [-0.1, -0.05) is 6.07 Å². The Balaban J connectivity index is 1.53. The molecule has 1 aromatic heterocycles. The number of carbonyl (C=O) groups excluding carboxylic acids is 2. The lowest BCUT2D eigenvalue weighted by atomic mass is 9.73. The molecule has 2 aliphatic rings. The molecule has 1 saturated heterocycles. The minimum atomic E-state index is -0.556. The molecule has 2 N–H and O–H groups in total. The van der Waals surface area contributed by atoms with Crippen molar-refractivity contribution in [3.05, 3.63) is 59.4 Å². The Labute approximate surface area is 176 Å². The van der Waals surface area contributed by atoms with Gasteiger partial charge in [-0.15, -0.1) is 0 Å². The number of aliphatic hydroxyl groups is 1. The van der Waals surface area contributed by atoms with Crippen LogP contribution in [-0.2, 0) is 16.8 Å². The van der Waals surface area contributed by atoms with E-state index < -0.39 is 5.41 Å². The maximum atomic E-state index is 13.2. The molecule has 2 amide bonds. The number of anilines is 1. The molecule has 0 saturated carbocycles. The highest BCUT2D eigenvalue weighted by Crippen LogP contribution is 2.47. The molecule has 0 unspecified atom stereocenters. The van der Waals surface area contributed by atoms with Crippen molar-refractivity contribution in [1.29, 1.82) is 0 Å². The number of nitrogens with zero attached hydrogens (tertiary/aromatic N) is 3. The molecule has 1 fully saturated rings. The molecule has 4 rings (SSSR count). The van der Waals surface area contributed by atoms with Crippen LogP contribution in [0.4, 0.5) is 5.69 Å². The Morgan fingerprint density at radius 3 is 2.77 bits per heavy atom. The van der Waals surface area contributed by atoms with Crippen molar-refractivity contribution in [2.75, 3.05) is 38.2 Å². The summed E-state index contributed by atoms with van der Waals surface area (Å²) in [6, 6.07) is 9.34. The fraction of sp³-hybridized carbons (Fsp3) is 0.435. The molecule has 7 nitrogen and oxygen atoms in total. The minimum absolute atomic E-state index is 0.118. The van der Waals surface area contributed by atoms with Gasteiger partial charge in [-0.05, 0) is 67.7 Å². The summed E-state index contributed by atoms with van der Waals surface area (Å²) in [4.78, 5) is 34.1. The molecule has 0 aliphatic carbocycles. The molecule has 1 spiro atoms. The Kier molecular flexibility index (Phi) is 5.83. The van der Waals surface area contributed by atoms with E-state index in [1.807, 2.05) is 31.3 Å². The summed E-state index contributed by atoms with van der Waals surface area (Å²) in [6.07, 6.45) is 5.65. The van der Waals surface area contributed by atoms with Crippen LogP contribution >= 0.6 is 0 Å². The van der Waals surface area contributed by atoms with Gasteiger partial charge in [0.2, 0.25) is 5.91 Å². The van der Waals surface area contributed by atoms with E-state index in [2.05, 4.69) is 15.2 Å². The van der Waals surface area contributed by atoms with E-state index in [-0.39, 0.29) is 18.4 Å². The lowest BCUT2D eigenvalue weighted by Gasteiger charge is -2.38. The summed E-state index contributed by atoms with van der Waals surface area (Å²) < 4.78 is 0. The number of likely N-dealkylation sites (tertiary alicyclic amines) is 1. The van der Waals surface area contributed by atoms with Crippen molar-refractivity contribution in [2.45, 2.75) is 31.2 Å². The van der Waals surface area contributed by atoms with Crippen molar-refractivity contribution in [1.82, 2.24) is 15.2 Å². The Morgan fingerprint density at radius 1 is 1.27 bits per heavy atom. The Hall–Kier alpha value is -2.77. The molecule has 1 aromatic carbocycles. The molecule has 158 valence electrons. The highest BCUT2D eigenvalue weighted by molar-refractivity contribution is 6.09. The molecule has 3 heterocycles. The number of piperidine rings is 1. The third-order valence-electron chi connectivity index (χ3n) is 6.37. The second-order valence-corrected chi connectivity index (χ2v) is 8.14. The molecule has 2 aliphatic heterocycles. The summed E-state index contributed by atoms with van der Waals surface area (Å²) in [5.74, 6) is -0.0357. The van der Waals surface area contributed by atoms with Gasteiger partial charge < -0.3 is 20.2 Å². The van der Waals surface area contributed by atoms with Crippen LogP contribution in [0.1, 0.15) is 40.7 Å². The zero-order valence-corrected chi connectivity index (χ0v) is 17.3. The first-order chi connectivity index (χ1) is 14.5. The lowest BCUT2D eigenvalue weighted by Crippen LogP contribution is -2.48. The zero-order valence-electron chi connectivity index (χ0n) is 17.3.